The van der Waals surface area contributed by atoms with E-state index in [4.69, 9.17) is 37.9 Å². The summed E-state index contributed by atoms with van der Waals surface area (Å²) in [7, 11) is 0. The molecule has 6 aliphatic rings. The fraction of sp³-hybridized carbons (Fsp3) is 0.500. The van der Waals surface area contributed by atoms with Gasteiger partial charge >= 0.3 is 0 Å². The first-order valence-electron chi connectivity index (χ1n) is 11.9. The number of thioether (sulfide) groups is 2. The molecule has 6 aliphatic heterocycles. The standard InChI is InChI=1S/C24H22O8S4/c1-3-27-13-11(25-1)9-33-19(13)21-15-17(31-7-5-29-15)23(35-21)24-18-16(30-6-8-32-18)22(36-24)20-14-12(10-34-20)26-2-4-28-14/h9,12,14,21H,1-8,10H2/b22-20+,24-23+. The fourth-order valence-electron chi connectivity index (χ4n) is 5.08. The van der Waals surface area contributed by atoms with Crippen molar-refractivity contribution in [3.05, 3.63) is 30.8 Å². The minimum Gasteiger partial charge on any atom is -0.489 e. The second kappa shape index (κ2) is 8.95. The Morgan fingerprint density at radius 1 is 0.722 bits per heavy atom. The van der Waals surface area contributed by atoms with E-state index in [0.717, 1.165) is 59.1 Å². The molecule has 2 aromatic heterocycles. The molecule has 0 N–H and O–H groups in total. The number of hydrogen-bond donors (Lipinski definition) is 0. The Balaban J connectivity index is 1.31. The third-order valence-corrected chi connectivity index (χ3v) is 11.8. The maximum Gasteiger partial charge on any atom is 0.181 e. The molecule has 2 saturated heterocycles. The van der Waals surface area contributed by atoms with Crippen LogP contribution in [0.5, 0.6) is 23.0 Å². The molecule has 8 nitrogen and oxygen atoms in total. The van der Waals surface area contributed by atoms with Crippen molar-refractivity contribution < 1.29 is 37.9 Å². The lowest BCUT2D eigenvalue weighted by atomic mass is 10.2. The van der Waals surface area contributed by atoms with Crippen molar-refractivity contribution in [2.24, 2.45) is 0 Å². The number of rotatable bonds is 1. The lowest BCUT2D eigenvalue weighted by Crippen LogP contribution is -2.37. The summed E-state index contributed by atoms with van der Waals surface area (Å²) < 4.78 is 50.9. The number of hydrogen-bond acceptors (Lipinski definition) is 12. The van der Waals surface area contributed by atoms with Crippen LogP contribution in [0.15, 0.2) is 16.9 Å². The second-order valence-electron chi connectivity index (χ2n) is 8.70. The normalized spacial score (nSPS) is 31.5. The van der Waals surface area contributed by atoms with E-state index >= 15 is 0 Å². The summed E-state index contributed by atoms with van der Waals surface area (Å²) in [5.74, 6) is 5.73. The molecule has 0 amide bonds. The summed E-state index contributed by atoms with van der Waals surface area (Å²) in [6.45, 7) is 4.44. The topological polar surface area (TPSA) is 73.8 Å². The predicted octanol–water partition coefficient (Wildman–Crippen LogP) is 2.85. The molecule has 36 heavy (non-hydrogen) atoms. The van der Waals surface area contributed by atoms with Crippen LogP contribution in [0.25, 0.3) is 9.81 Å². The van der Waals surface area contributed by atoms with Gasteiger partial charge in [-0.3, -0.25) is 0 Å². The first-order chi connectivity index (χ1) is 17.9. The average Bonchev–Trinajstić information content (AvgIpc) is 3.71. The monoisotopic (exact) mass is 566 g/mol. The molecule has 8 rings (SSSR count). The lowest BCUT2D eigenvalue weighted by molar-refractivity contribution is -0.103. The van der Waals surface area contributed by atoms with Gasteiger partial charge in [0.1, 0.15) is 51.0 Å². The van der Waals surface area contributed by atoms with Crippen molar-refractivity contribution in [1.29, 1.82) is 0 Å². The molecule has 12 heteroatoms. The second-order valence-corrected chi connectivity index (χ2v) is 12.8. The van der Waals surface area contributed by atoms with Gasteiger partial charge < -0.3 is 37.9 Å². The third kappa shape index (κ3) is 3.41. The minimum absolute atomic E-state index is 0.0577. The van der Waals surface area contributed by atoms with Gasteiger partial charge in [0, 0.05) is 16.0 Å². The zero-order chi connectivity index (χ0) is 23.6. The minimum atomic E-state index is -0.0653. The molecule has 0 spiro atoms. The number of ether oxygens (including phenoxy) is 8. The Labute approximate surface area is 223 Å². The average molecular weight is 567 g/mol. The zero-order valence-corrected chi connectivity index (χ0v) is 22.3. The SMILES string of the molecule is c1sc(C2S/C(=c3/s/c(=C4/SCC5OCCOC45)c4c3OCCO4)C3=C2OCCO3)c2c1OCCO2. The summed E-state index contributed by atoms with van der Waals surface area (Å²) in [6.07, 6.45) is 0.0247. The van der Waals surface area contributed by atoms with E-state index in [1.165, 1.54) is 4.91 Å². The van der Waals surface area contributed by atoms with Gasteiger partial charge in [-0.1, -0.05) is 0 Å². The van der Waals surface area contributed by atoms with Crippen molar-refractivity contribution in [3.8, 4) is 23.0 Å². The molecule has 0 saturated carbocycles. The van der Waals surface area contributed by atoms with Gasteiger partial charge in [0.2, 0.25) is 0 Å². The Morgan fingerprint density at radius 3 is 2.39 bits per heavy atom. The highest BCUT2D eigenvalue weighted by molar-refractivity contribution is 8.09. The van der Waals surface area contributed by atoms with E-state index in [-0.39, 0.29) is 17.5 Å². The van der Waals surface area contributed by atoms with Crippen molar-refractivity contribution >= 4 is 56.0 Å². The Morgan fingerprint density at radius 2 is 1.47 bits per heavy atom. The first-order valence-corrected chi connectivity index (χ1v) is 15.5. The molecule has 0 bridgehead atoms. The van der Waals surface area contributed by atoms with Crippen LogP contribution in [0.2, 0.25) is 0 Å². The van der Waals surface area contributed by atoms with Crippen LogP contribution in [0.4, 0.5) is 0 Å². The van der Waals surface area contributed by atoms with Crippen molar-refractivity contribution in [2.75, 3.05) is 58.6 Å². The van der Waals surface area contributed by atoms with E-state index in [2.05, 4.69) is 0 Å². The van der Waals surface area contributed by atoms with Crippen molar-refractivity contribution in [1.82, 2.24) is 0 Å². The van der Waals surface area contributed by atoms with Crippen molar-refractivity contribution in [2.45, 2.75) is 17.5 Å². The van der Waals surface area contributed by atoms with Crippen LogP contribution in [-0.4, -0.2) is 70.8 Å². The molecule has 0 aliphatic carbocycles. The molecule has 190 valence electrons. The Kier molecular flexibility index (Phi) is 5.54. The molecule has 2 aromatic rings. The highest BCUT2D eigenvalue weighted by atomic mass is 32.2. The maximum absolute atomic E-state index is 6.24. The zero-order valence-electron chi connectivity index (χ0n) is 19.1. The van der Waals surface area contributed by atoms with Gasteiger partial charge in [-0.05, 0) is 0 Å². The predicted molar refractivity (Wildman–Crippen MR) is 138 cm³/mol. The van der Waals surface area contributed by atoms with Gasteiger partial charge in [0.05, 0.1) is 38.2 Å². The van der Waals surface area contributed by atoms with Crippen LogP contribution >= 0.6 is 46.2 Å². The highest BCUT2D eigenvalue weighted by Gasteiger charge is 2.43. The van der Waals surface area contributed by atoms with Crippen LogP contribution in [0, 0.1) is 0 Å². The Bertz CT molecular complexity index is 1380. The molecule has 3 atom stereocenters. The van der Waals surface area contributed by atoms with E-state index in [0.29, 0.717) is 52.9 Å². The Hall–Kier alpha value is -1.70. The quantitative estimate of drug-likeness (QED) is 0.515. The summed E-state index contributed by atoms with van der Waals surface area (Å²) in [5, 5.41) is 1.95. The molecule has 3 unspecified atom stereocenters. The van der Waals surface area contributed by atoms with E-state index in [9.17, 15) is 0 Å². The van der Waals surface area contributed by atoms with Crippen LogP contribution < -0.4 is 28.0 Å². The molecule has 0 aromatic carbocycles. The smallest absolute Gasteiger partial charge is 0.181 e. The molecular formula is C24H22O8S4. The highest BCUT2D eigenvalue weighted by Crippen LogP contribution is 2.59. The van der Waals surface area contributed by atoms with Gasteiger partial charge in [0.25, 0.3) is 0 Å². The molecule has 2 fully saturated rings. The summed E-state index contributed by atoms with van der Waals surface area (Å²) in [6, 6.07) is 0. The lowest BCUT2D eigenvalue weighted by Gasteiger charge is -2.26. The van der Waals surface area contributed by atoms with Gasteiger partial charge in [-0.25, -0.2) is 0 Å². The summed E-state index contributed by atoms with van der Waals surface area (Å²) in [4.78, 5) is 3.28. The van der Waals surface area contributed by atoms with E-state index in [1.807, 2.05) is 5.38 Å². The van der Waals surface area contributed by atoms with Gasteiger partial charge in [0.15, 0.2) is 34.5 Å². The molecule has 0 radical (unpaired) electrons. The largest absolute Gasteiger partial charge is 0.489 e. The molecular weight excluding hydrogens is 545 g/mol. The van der Waals surface area contributed by atoms with Gasteiger partial charge in [-0.2, -0.15) is 0 Å². The summed E-state index contributed by atoms with van der Waals surface area (Å²) in [5.41, 5.74) is 0. The van der Waals surface area contributed by atoms with Crippen LogP contribution in [0.1, 0.15) is 10.1 Å². The van der Waals surface area contributed by atoms with Crippen LogP contribution in [0.3, 0.4) is 0 Å². The molecule has 8 heterocycles. The fourth-order valence-corrected chi connectivity index (χ4v) is 10.4. The van der Waals surface area contributed by atoms with Gasteiger partial charge in [-0.15, -0.1) is 46.2 Å². The number of fused-ring (bicyclic) bond motifs is 3. The van der Waals surface area contributed by atoms with Crippen LogP contribution in [-0.2, 0) is 18.9 Å². The van der Waals surface area contributed by atoms with Crippen molar-refractivity contribution in [3.63, 3.8) is 0 Å². The summed E-state index contributed by atoms with van der Waals surface area (Å²) >= 11 is 6.84. The third-order valence-electron chi connectivity index (χ3n) is 6.60. The number of thiophene rings is 2. The van der Waals surface area contributed by atoms with E-state index < -0.39 is 0 Å². The first kappa shape index (κ1) is 22.3. The van der Waals surface area contributed by atoms with E-state index in [1.54, 1.807) is 46.2 Å². The maximum atomic E-state index is 6.24.